The third kappa shape index (κ3) is 3.02. The van der Waals surface area contributed by atoms with Gasteiger partial charge in [-0.3, -0.25) is 4.79 Å². The average Bonchev–Trinajstić information content (AvgIpc) is 2.94. The number of aromatic nitrogens is 2. The van der Waals surface area contributed by atoms with Gasteiger partial charge in [-0.05, 0) is 12.8 Å². The van der Waals surface area contributed by atoms with Crippen molar-refractivity contribution in [3.8, 4) is 0 Å². The molecule has 1 fully saturated rings. The third-order valence-corrected chi connectivity index (χ3v) is 2.22. The summed E-state index contributed by atoms with van der Waals surface area (Å²) in [7, 11) is 0. The Kier molecular flexibility index (Phi) is 2.96. The van der Waals surface area contributed by atoms with E-state index in [1.165, 1.54) is 0 Å². The molecule has 0 amide bonds. The lowest BCUT2D eigenvalue weighted by atomic mass is 10.4. The van der Waals surface area contributed by atoms with E-state index in [-0.39, 0.29) is 6.42 Å². The van der Waals surface area contributed by atoms with Crippen LogP contribution >= 0.6 is 0 Å². The zero-order valence-electron chi connectivity index (χ0n) is 8.27. The number of hydrogen-bond donors (Lipinski definition) is 2. The number of carbonyl (C=O) groups is 1. The maximum atomic E-state index is 10.2. The summed E-state index contributed by atoms with van der Waals surface area (Å²) in [5.41, 5.74) is 0. The van der Waals surface area contributed by atoms with Gasteiger partial charge in [0.2, 0.25) is 5.89 Å². The second kappa shape index (κ2) is 4.39. The van der Waals surface area contributed by atoms with Crippen LogP contribution < -0.4 is 5.32 Å². The Morgan fingerprint density at radius 3 is 3.07 bits per heavy atom. The van der Waals surface area contributed by atoms with Crippen LogP contribution in [0.25, 0.3) is 0 Å². The molecular formula is C9H13N3O3. The number of carboxylic acid groups (broad SMARTS) is 1. The highest BCUT2D eigenvalue weighted by Gasteiger charge is 2.28. The predicted octanol–water partition coefficient (Wildman–Crippen LogP) is 0.511. The molecule has 0 bridgehead atoms. The molecule has 0 radical (unpaired) electrons. The number of nitrogens with one attached hydrogen (secondary N) is 1. The van der Waals surface area contributed by atoms with Crippen LogP contribution in [0.3, 0.4) is 0 Å². The molecule has 1 heterocycles. The highest BCUT2D eigenvalue weighted by molar-refractivity contribution is 5.66. The van der Waals surface area contributed by atoms with Crippen LogP contribution in [0.4, 0.5) is 0 Å². The fourth-order valence-electron chi connectivity index (χ4n) is 1.24. The molecule has 0 aromatic carbocycles. The first-order valence-corrected chi connectivity index (χ1v) is 5.00. The van der Waals surface area contributed by atoms with Crippen LogP contribution in [-0.4, -0.2) is 27.8 Å². The summed E-state index contributed by atoms with van der Waals surface area (Å²) >= 11 is 0. The lowest BCUT2D eigenvalue weighted by Crippen LogP contribution is -2.17. The smallest absolute Gasteiger partial charge is 0.304 e. The summed E-state index contributed by atoms with van der Waals surface area (Å²) in [6.07, 6.45) is 2.39. The molecule has 0 aliphatic heterocycles. The van der Waals surface area contributed by atoms with Gasteiger partial charge >= 0.3 is 5.97 Å². The van der Waals surface area contributed by atoms with Crippen LogP contribution in [0.1, 0.15) is 36.9 Å². The molecule has 1 aromatic rings. The third-order valence-electron chi connectivity index (χ3n) is 2.22. The summed E-state index contributed by atoms with van der Waals surface area (Å²) in [6.45, 7) is 0.851. The summed E-state index contributed by atoms with van der Waals surface area (Å²) in [5, 5.41) is 15.2. The van der Waals surface area contributed by atoms with Crippen molar-refractivity contribution in [2.75, 3.05) is 6.54 Å². The standard InChI is InChI=1S/C9H13N3O3/c13-8(14)3-4-10-5-7-11-9(12-15-7)6-1-2-6/h6,10H,1-5H2,(H,13,14). The van der Waals surface area contributed by atoms with Gasteiger partial charge in [0, 0.05) is 12.5 Å². The van der Waals surface area contributed by atoms with Gasteiger partial charge in [-0.1, -0.05) is 5.16 Å². The zero-order valence-corrected chi connectivity index (χ0v) is 8.27. The van der Waals surface area contributed by atoms with Crippen molar-refractivity contribution in [1.82, 2.24) is 15.5 Å². The maximum Gasteiger partial charge on any atom is 0.304 e. The summed E-state index contributed by atoms with van der Waals surface area (Å²) in [4.78, 5) is 14.4. The van der Waals surface area contributed by atoms with E-state index in [1.54, 1.807) is 0 Å². The lowest BCUT2D eigenvalue weighted by Gasteiger charge is -1.96. The van der Waals surface area contributed by atoms with E-state index < -0.39 is 5.97 Å². The first kappa shape index (κ1) is 10.1. The van der Waals surface area contributed by atoms with E-state index in [9.17, 15) is 4.79 Å². The van der Waals surface area contributed by atoms with Crippen molar-refractivity contribution in [2.45, 2.75) is 31.7 Å². The highest BCUT2D eigenvalue weighted by Crippen LogP contribution is 2.37. The van der Waals surface area contributed by atoms with E-state index in [4.69, 9.17) is 9.63 Å². The summed E-state index contributed by atoms with van der Waals surface area (Å²) in [6, 6.07) is 0. The summed E-state index contributed by atoms with van der Waals surface area (Å²) in [5.74, 6) is 0.987. The molecule has 15 heavy (non-hydrogen) atoms. The first-order valence-electron chi connectivity index (χ1n) is 5.00. The number of hydrogen-bond acceptors (Lipinski definition) is 5. The van der Waals surface area contributed by atoms with E-state index in [0.717, 1.165) is 18.7 Å². The number of rotatable bonds is 6. The largest absolute Gasteiger partial charge is 0.481 e. The molecule has 82 valence electrons. The molecule has 6 heteroatoms. The molecule has 1 aromatic heterocycles. The van der Waals surface area contributed by atoms with Crippen LogP contribution in [0, 0.1) is 0 Å². The molecule has 1 saturated carbocycles. The maximum absolute atomic E-state index is 10.2. The quantitative estimate of drug-likeness (QED) is 0.666. The molecule has 2 N–H and O–H groups in total. The Morgan fingerprint density at radius 1 is 1.60 bits per heavy atom. The van der Waals surface area contributed by atoms with Crippen LogP contribution in [0.5, 0.6) is 0 Å². The van der Waals surface area contributed by atoms with Gasteiger partial charge in [0.05, 0.1) is 13.0 Å². The lowest BCUT2D eigenvalue weighted by molar-refractivity contribution is -0.136. The van der Waals surface area contributed by atoms with Crippen LogP contribution in [0.2, 0.25) is 0 Å². The van der Waals surface area contributed by atoms with E-state index in [0.29, 0.717) is 24.9 Å². The minimum absolute atomic E-state index is 0.101. The minimum Gasteiger partial charge on any atom is -0.481 e. The van der Waals surface area contributed by atoms with Gasteiger partial charge < -0.3 is 14.9 Å². The monoisotopic (exact) mass is 211 g/mol. The fourth-order valence-corrected chi connectivity index (χ4v) is 1.24. The van der Waals surface area contributed by atoms with Gasteiger partial charge in [0.15, 0.2) is 5.82 Å². The summed E-state index contributed by atoms with van der Waals surface area (Å²) < 4.78 is 5.00. The second-order valence-electron chi connectivity index (χ2n) is 3.64. The van der Waals surface area contributed by atoms with Crippen molar-refractivity contribution in [3.63, 3.8) is 0 Å². The second-order valence-corrected chi connectivity index (χ2v) is 3.64. The molecule has 0 saturated heterocycles. The Balaban J connectivity index is 1.71. The SMILES string of the molecule is O=C(O)CCNCc1nc(C2CC2)no1. The van der Waals surface area contributed by atoms with E-state index in [1.807, 2.05) is 0 Å². The van der Waals surface area contributed by atoms with Gasteiger partial charge in [-0.25, -0.2) is 0 Å². The van der Waals surface area contributed by atoms with E-state index in [2.05, 4.69) is 15.5 Å². The van der Waals surface area contributed by atoms with Crippen molar-refractivity contribution < 1.29 is 14.4 Å². The van der Waals surface area contributed by atoms with Crippen molar-refractivity contribution in [3.05, 3.63) is 11.7 Å². The number of aliphatic carboxylic acids is 1. The van der Waals surface area contributed by atoms with Crippen LogP contribution in [0.15, 0.2) is 4.52 Å². The van der Waals surface area contributed by atoms with Crippen LogP contribution in [-0.2, 0) is 11.3 Å². The highest BCUT2D eigenvalue weighted by atomic mass is 16.5. The average molecular weight is 211 g/mol. The molecular weight excluding hydrogens is 198 g/mol. The molecule has 1 aliphatic rings. The zero-order chi connectivity index (χ0) is 10.7. The fraction of sp³-hybridized carbons (Fsp3) is 0.667. The topological polar surface area (TPSA) is 88.2 Å². The predicted molar refractivity (Wildman–Crippen MR) is 50.2 cm³/mol. The molecule has 0 atom stereocenters. The van der Waals surface area contributed by atoms with Gasteiger partial charge in [-0.2, -0.15) is 4.98 Å². The van der Waals surface area contributed by atoms with Crippen molar-refractivity contribution in [2.24, 2.45) is 0 Å². The normalized spacial score (nSPS) is 15.5. The van der Waals surface area contributed by atoms with E-state index >= 15 is 0 Å². The van der Waals surface area contributed by atoms with Crippen molar-refractivity contribution in [1.29, 1.82) is 0 Å². The molecule has 1 aliphatic carbocycles. The Labute approximate surface area is 86.7 Å². The Hall–Kier alpha value is -1.43. The van der Waals surface area contributed by atoms with Gasteiger partial charge in [-0.15, -0.1) is 0 Å². The molecule has 2 rings (SSSR count). The number of carboxylic acids is 1. The molecule has 0 spiro atoms. The minimum atomic E-state index is -0.813. The van der Waals surface area contributed by atoms with Gasteiger partial charge in [0.1, 0.15) is 0 Å². The Bertz CT molecular complexity index is 346. The first-order chi connectivity index (χ1) is 7.25. The van der Waals surface area contributed by atoms with Gasteiger partial charge in [0.25, 0.3) is 0 Å². The molecule has 0 unspecified atom stereocenters. The van der Waals surface area contributed by atoms with Crippen molar-refractivity contribution >= 4 is 5.97 Å². The molecule has 6 nitrogen and oxygen atoms in total. The Morgan fingerprint density at radius 2 is 2.40 bits per heavy atom. The number of nitrogens with zero attached hydrogens (tertiary/aromatic N) is 2.